The molecule has 7 heteroatoms. The maximum absolute atomic E-state index is 11.8. The van der Waals surface area contributed by atoms with E-state index in [0.717, 1.165) is 11.3 Å². The Kier molecular flexibility index (Phi) is 3.83. The molecule has 1 amide bonds. The Morgan fingerprint density at radius 1 is 1.50 bits per heavy atom. The van der Waals surface area contributed by atoms with E-state index in [2.05, 4.69) is 26.2 Å². The van der Waals surface area contributed by atoms with Crippen molar-refractivity contribution in [2.45, 2.75) is 6.54 Å². The first kappa shape index (κ1) is 12.8. The van der Waals surface area contributed by atoms with Crippen LogP contribution >= 0.6 is 27.3 Å². The van der Waals surface area contributed by atoms with Gasteiger partial charge in [0, 0.05) is 15.5 Å². The van der Waals surface area contributed by atoms with Gasteiger partial charge in [-0.1, -0.05) is 27.3 Å². The Morgan fingerprint density at radius 3 is 2.89 bits per heavy atom. The third-order valence-corrected chi connectivity index (χ3v) is 3.43. The number of hydrogen-bond acceptors (Lipinski definition) is 4. The Morgan fingerprint density at radius 2 is 2.28 bits per heavy atom. The summed E-state index contributed by atoms with van der Waals surface area (Å²) in [5.74, 6) is -0.493. The van der Waals surface area contributed by atoms with Gasteiger partial charge in [0.2, 0.25) is 0 Å². The van der Waals surface area contributed by atoms with Crippen LogP contribution in [0.1, 0.15) is 16.1 Å². The highest BCUT2D eigenvalue weighted by molar-refractivity contribution is 9.10. The number of aromatic nitrogens is 1. The average Bonchev–Trinajstić information content (AvgIpc) is 2.72. The monoisotopic (exact) mass is 328 g/mol. The van der Waals surface area contributed by atoms with Crippen LogP contribution in [0, 0.1) is 0 Å². The highest BCUT2D eigenvalue weighted by Crippen LogP contribution is 2.22. The molecule has 0 aliphatic rings. The summed E-state index contributed by atoms with van der Waals surface area (Å²) in [6.07, 6.45) is 0. The summed E-state index contributed by atoms with van der Waals surface area (Å²) < 4.78 is 0.693. The summed E-state index contributed by atoms with van der Waals surface area (Å²) in [4.78, 5) is 25.1. The Hall–Kier alpha value is -1.60. The van der Waals surface area contributed by atoms with Gasteiger partial charge in [0.25, 0.3) is 5.91 Å². The van der Waals surface area contributed by atoms with Crippen molar-refractivity contribution in [2.24, 2.45) is 0 Å². The number of carbonyl (C=O) groups excluding carboxylic acids is 1. The molecule has 0 fully saturated rings. The molecule has 0 bridgehead atoms. The van der Waals surface area contributed by atoms with Crippen molar-refractivity contribution in [3.63, 3.8) is 0 Å². The number of nitrogens with one attached hydrogen (secondary N) is 2. The number of aromatic hydroxyl groups is 1. The van der Waals surface area contributed by atoms with Crippen molar-refractivity contribution in [3.8, 4) is 5.75 Å². The summed E-state index contributed by atoms with van der Waals surface area (Å²) >= 11 is 4.23. The molecule has 1 aromatic heterocycles. The minimum absolute atomic E-state index is 0.0966. The van der Waals surface area contributed by atoms with E-state index in [9.17, 15) is 14.7 Å². The zero-order valence-corrected chi connectivity index (χ0v) is 11.5. The van der Waals surface area contributed by atoms with Gasteiger partial charge in [0.15, 0.2) is 0 Å². The van der Waals surface area contributed by atoms with E-state index < -0.39 is 5.91 Å². The minimum atomic E-state index is -0.396. The standard InChI is InChI=1S/C11H9BrN2O3S/c12-6-1-2-8(9(15)3-6)10(16)13-4-7-5-18-11(17)14-7/h1-3,5,15H,4H2,(H,13,16)(H,14,17). The minimum Gasteiger partial charge on any atom is -0.507 e. The number of benzene rings is 1. The molecule has 1 heterocycles. The molecule has 18 heavy (non-hydrogen) atoms. The van der Waals surface area contributed by atoms with E-state index in [-0.39, 0.29) is 22.7 Å². The summed E-state index contributed by atoms with van der Waals surface area (Å²) in [5, 5.41) is 13.9. The van der Waals surface area contributed by atoms with Crippen LogP contribution in [0.3, 0.4) is 0 Å². The number of halogens is 1. The highest BCUT2D eigenvalue weighted by Gasteiger charge is 2.11. The van der Waals surface area contributed by atoms with E-state index >= 15 is 0 Å². The van der Waals surface area contributed by atoms with Gasteiger partial charge in [-0.25, -0.2) is 0 Å². The largest absolute Gasteiger partial charge is 0.507 e. The fourth-order valence-corrected chi connectivity index (χ4v) is 2.30. The second kappa shape index (κ2) is 5.36. The zero-order chi connectivity index (χ0) is 13.1. The van der Waals surface area contributed by atoms with E-state index in [1.54, 1.807) is 11.4 Å². The van der Waals surface area contributed by atoms with Gasteiger partial charge in [0.1, 0.15) is 5.75 Å². The van der Waals surface area contributed by atoms with Crippen LogP contribution in [-0.4, -0.2) is 16.0 Å². The summed E-state index contributed by atoms with van der Waals surface area (Å²) in [6, 6.07) is 4.63. The normalized spacial score (nSPS) is 10.3. The number of H-pyrrole nitrogens is 1. The summed E-state index contributed by atoms with van der Waals surface area (Å²) in [7, 11) is 0. The quantitative estimate of drug-likeness (QED) is 0.803. The van der Waals surface area contributed by atoms with Crippen LogP contribution in [0.4, 0.5) is 0 Å². The molecule has 0 aliphatic carbocycles. The molecule has 5 nitrogen and oxygen atoms in total. The van der Waals surface area contributed by atoms with Crippen LogP contribution in [0.15, 0.2) is 32.8 Å². The van der Waals surface area contributed by atoms with Crippen LogP contribution < -0.4 is 10.2 Å². The molecule has 2 rings (SSSR count). The number of hydrogen-bond donors (Lipinski definition) is 3. The van der Waals surface area contributed by atoms with Crippen LogP contribution in [0.2, 0.25) is 0 Å². The number of phenols is 1. The molecule has 0 unspecified atom stereocenters. The third-order valence-electron chi connectivity index (χ3n) is 2.21. The molecule has 1 aromatic carbocycles. The molecule has 0 aliphatic heterocycles. The lowest BCUT2D eigenvalue weighted by atomic mass is 10.2. The smallest absolute Gasteiger partial charge is 0.304 e. The average molecular weight is 329 g/mol. The maximum Gasteiger partial charge on any atom is 0.304 e. The van der Waals surface area contributed by atoms with Gasteiger partial charge in [-0.2, -0.15) is 0 Å². The van der Waals surface area contributed by atoms with Crippen molar-refractivity contribution in [1.82, 2.24) is 10.3 Å². The molecule has 0 saturated carbocycles. The van der Waals surface area contributed by atoms with Gasteiger partial charge in [-0.3, -0.25) is 9.59 Å². The zero-order valence-electron chi connectivity index (χ0n) is 9.07. The van der Waals surface area contributed by atoms with Crippen molar-refractivity contribution in [1.29, 1.82) is 0 Å². The van der Waals surface area contributed by atoms with Crippen LogP contribution in [0.25, 0.3) is 0 Å². The van der Waals surface area contributed by atoms with Gasteiger partial charge in [0.05, 0.1) is 12.1 Å². The molecular formula is C11H9BrN2O3S. The first-order valence-corrected chi connectivity index (χ1v) is 6.67. The Labute approximate surface area is 115 Å². The first-order chi connectivity index (χ1) is 8.56. The Balaban J connectivity index is 2.06. The molecule has 94 valence electrons. The number of thiazole rings is 1. The number of rotatable bonds is 3. The van der Waals surface area contributed by atoms with E-state index in [1.807, 2.05) is 0 Å². The van der Waals surface area contributed by atoms with Gasteiger partial charge in [-0.05, 0) is 18.2 Å². The highest BCUT2D eigenvalue weighted by atomic mass is 79.9. The fraction of sp³-hybridized carbons (Fsp3) is 0.0909. The van der Waals surface area contributed by atoms with E-state index in [4.69, 9.17) is 0 Å². The number of aromatic amines is 1. The second-order valence-corrected chi connectivity index (χ2v) is 5.28. The van der Waals surface area contributed by atoms with Crippen molar-refractivity contribution in [2.75, 3.05) is 0 Å². The van der Waals surface area contributed by atoms with Crippen molar-refractivity contribution in [3.05, 3.63) is 49.0 Å². The van der Waals surface area contributed by atoms with Gasteiger partial charge < -0.3 is 15.4 Å². The Bertz CT molecular complexity index is 635. The predicted octanol–water partition coefficient (Wildman–Crippen LogP) is 1.83. The molecular weight excluding hydrogens is 320 g/mol. The van der Waals surface area contributed by atoms with Gasteiger partial charge in [-0.15, -0.1) is 0 Å². The predicted molar refractivity (Wildman–Crippen MR) is 71.9 cm³/mol. The molecule has 0 saturated heterocycles. The SMILES string of the molecule is O=C(NCc1csc(=O)[nH]1)c1ccc(Br)cc1O. The first-order valence-electron chi connectivity index (χ1n) is 4.99. The number of amides is 1. The molecule has 0 radical (unpaired) electrons. The van der Waals surface area contributed by atoms with Crippen LogP contribution in [-0.2, 0) is 6.54 Å². The number of phenolic OH excluding ortho intramolecular Hbond substituents is 1. The third kappa shape index (κ3) is 2.99. The molecule has 3 N–H and O–H groups in total. The van der Waals surface area contributed by atoms with Crippen LogP contribution in [0.5, 0.6) is 5.75 Å². The lowest BCUT2D eigenvalue weighted by Crippen LogP contribution is -2.23. The van der Waals surface area contributed by atoms with Gasteiger partial charge >= 0.3 is 4.87 Å². The molecule has 2 aromatic rings. The topological polar surface area (TPSA) is 82.2 Å². The van der Waals surface area contributed by atoms with E-state index in [0.29, 0.717) is 10.2 Å². The second-order valence-electron chi connectivity index (χ2n) is 3.52. The maximum atomic E-state index is 11.8. The molecule has 0 spiro atoms. The van der Waals surface area contributed by atoms with Crippen molar-refractivity contribution < 1.29 is 9.90 Å². The molecule has 0 atom stereocenters. The fourth-order valence-electron chi connectivity index (χ4n) is 1.37. The summed E-state index contributed by atoms with van der Waals surface area (Å²) in [6.45, 7) is 0.215. The van der Waals surface area contributed by atoms with E-state index in [1.165, 1.54) is 12.1 Å². The van der Waals surface area contributed by atoms with Crippen molar-refractivity contribution >= 4 is 33.2 Å². The summed E-state index contributed by atoms with van der Waals surface area (Å²) in [5.41, 5.74) is 0.825. The lowest BCUT2D eigenvalue weighted by Gasteiger charge is -2.05. The number of carbonyl (C=O) groups is 1. The lowest BCUT2D eigenvalue weighted by molar-refractivity contribution is 0.0948.